The van der Waals surface area contributed by atoms with Crippen molar-refractivity contribution < 1.29 is 13.0 Å². The fraction of sp³-hybridized carbons (Fsp3) is 0.0667. The van der Waals surface area contributed by atoms with E-state index in [1.54, 1.807) is 25.1 Å². The summed E-state index contributed by atoms with van der Waals surface area (Å²) in [6.07, 6.45) is 1.34. The molecule has 1 aromatic carbocycles. The lowest BCUT2D eigenvalue weighted by Crippen LogP contribution is -2.05. The Hall–Kier alpha value is -3.27. The Labute approximate surface area is 142 Å². The van der Waals surface area contributed by atoms with Crippen molar-refractivity contribution in [3.63, 3.8) is 0 Å². The smallest absolute Gasteiger partial charge is 0.223 e. The van der Waals surface area contributed by atoms with E-state index in [1.807, 2.05) is 0 Å². The van der Waals surface area contributed by atoms with E-state index in [0.717, 1.165) is 0 Å². The summed E-state index contributed by atoms with van der Waals surface area (Å²) in [7, 11) is -3.72. The van der Waals surface area contributed by atoms with Crippen LogP contribution >= 0.6 is 0 Å². The number of hydrogen-bond donors (Lipinski definition) is 1. The van der Waals surface area contributed by atoms with Crippen molar-refractivity contribution in [2.24, 2.45) is 0 Å². The Morgan fingerprint density at radius 3 is 2.56 bits per heavy atom. The van der Waals surface area contributed by atoms with Crippen LogP contribution in [0.5, 0.6) is 0 Å². The standard InChI is InChI=1S/C15H12N6O3S/c1-9-11-7-12(25(22,23)10-5-3-2-4-6-10)17-8-21(11)18-13(9)14-15(16)20-24-19-14/h2-8H,1H3,(H2,16,20). The van der Waals surface area contributed by atoms with Gasteiger partial charge < -0.3 is 5.73 Å². The molecule has 0 spiro atoms. The van der Waals surface area contributed by atoms with Crippen LogP contribution in [0.2, 0.25) is 0 Å². The summed E-state index contributed by atoms with van der Waals surface area (Å²) in [4.78, 5) is 4.21. The van der Waals surface area contributed by atoms with E-state index in [1.165, 1.54) is 29.0 Å². The lowest BCUT2D eigenvalue weighted by Gasteiger charge is -2.04. The van der Waals surface area contributed by atoms with Crippen LogP contribution in [0.3, 0.4) is 0 Å². The number of aromatic nitrogens is 5. The molecule has 9 nitrogen and oxygen atoms in total. The molecule has 0 unspecified atom stereocenters. The summed E-state index contributed by atoms with van der Waals surface area (Å²) in [5.41, 5.74) is 7.72. The maximum Gasteiger partial charge on any atom is 0.223 e. The van der Waals surface area contributed by atoms with E-state index >= 15 is 0 Å². The first kappa shape index (κ1) is 15.3. The topological polar surface area (TPSA) is 129 Å². The van der Waals surface area contributed by atoms with Gasteiger partial charge in [-0.05, 0) is 29.4 Å². The molecule has 3 aromatic heterocycles. The number of aryl methyl sites for hydroxylation is 1. The maximum atomic E-state index is 12.7. The fourth-order valence-corrected chi connectivity index (χ4v) is 3.72. The number of nitrogens with zero attached hydrogens (tertiary/aromatic N) is 5. The van der Waals surface area contributed by atoms with Gasteiger partial charge in [-0.15, -0.1) is 0 Å². The molecule has 0 bridgehead atoms. The van der Waals surface area contributed by atoms with Crippen LogP contribution in [-0.4, -0.2) is 33.3 Å². The molecule has 25 heavy (non-hydrogen) atoms. The zero-order chi connectivity index (χ0) is 17.6. The van der Waals surface area contributed by atoms with Crippen LogP contribution in [-0.2, 0) is 9.84 Å². The molecule has 10 heteroatoms. The molecular weight excluding hydrogens is 344 g/mol. The minimum absolute atomic E-state index is 0.0630. The highest BCUT2D eigenvalue weighted by Gasteiger charge is 2.22. The first-order valence-electron chi connectivity index (χ1n) is 7.22. The van der Waals surface area contributed by atoms with Gasteiger partial charge in [-0.2, -0.15) is 5.10 Å². The van der Waals surface area contributed by atoms with Gasteiger partial charge in [0.15, 0.2) is 16.5 Å². The summed E-state index contributed by atoms with van der Waals surface area (Å²) >= 11 is 0. The van der Waals surface area contributed by atoms with Crippen molar-refractivity contribution in [2.75, 3.05) is 5.73 Å². The third-order valence-electron chi connectivity index (χ3n) is 3.82. The zero-order valence-electron chi connectivity index (χ0n) is 13.0. The van der Waals surface area contributed by atoms with Gasteiger partial charge in [0.1, 0.15) is 12.0 Å². The van der Waals surface area contributed by atoms with E-state index in [0.29, 0.717) is 22.5 Å². The van der Waals surface area contributed by atoms with Crippen LogP contribution in [0.15, 0.2) is 57.3 Å². The Morgan fingerprint density at radius 2 is 1.88 bits per heavy atom. The molecule has 0 atom stereocenters. The summed E-state index contributed by atoms with van der Waals surface area (Å²) in [5.74, 6) is 0.108. The van der Waals surface area contributed by atoms with E-state index in [4.69, 9.17) is 5.73 Å². The molecule has 0 aliphatic heterocycles. The molecule has 2 N–H and O–H groups in total. The number of anilines is 1. The fourth-order valence-electron chi connectivity index (χ4n) is 2.51. The van der Waals surface area contributed by atoms with Crippen molar-refractivity contribution >= 4 is 21.2 Å². The second kappa shape index (κ2) is 5.38. The number of rotatable bonds is 3. The van der Waals surface area contributed by atoms with Gasteiger partial charge in [0.05, 0.1) is 10.4 Å². The molecule has 4 rings (SSSR count). The average Bonchev–Trinajstić information content (AvgIpc) is 3.18. The van der Waals surface area contributed by atoms with Crippen molar-refractivity contribution in [3.05, 3.63) is 48.3 Å². The highest BCUT2D eigenvalue weighted by molar-refractivity contribution is 7.91. The molecule has 3 heterocycles. The number of sulfone groups is 1. The van der Waals surface area contributed by atoms with Gasteiger partial charge in [-0.3, -0.25) is 0 Å². The Kier molecular flexibility index (Phi) is 3.29. The predicted octanol–water partition coefficient (Wildman–Crippen LogP) is 1.50. The van der Waals surface area contributed by atoms with E-state index in [9.17, 15) is 8.42 Å². The molecule has 0 aliphatic rings. The van der Waals surface area contributed by atoms with Crippen molar-refractivity contribution in [1.82, 2.24) is 24.9 Å². The average molecular weight is 356 g/mol. The number of hydrogen-bond acceptors (Lipinski definition) is 8. The summed E-state index contributed by atoms with van der Waals surface area (Å²) in [5, 5.41) is 11.5. The quantitative estimate of drug-likeness (QED) is 0.547. The third-order valence-corrected chi connectivity index (χ3v) is 5.48. The zero-order valence-corrected chi connectivity index (χ0v) is 13.8. The van der Waals surface area contributed by atoms with E-state index < -0.39 is 9.84 Å². The first-order chi connectivity index (χ1) is 12.0. The number of fused-ring (bicyclic) bond motifs is 1. The second-order valence-corrected chi connectivity index (χ2v) is 7.24. The maximum absolute atomic E-state index is 12.7. The molecule has 4 aromatic rings. The van der Waals surface area contributed by atoms with Gasteiger partial charge in [-0.25, -0.2) is 22.5 Å². The normalized spacial score (nSPS) is 11.9. The Balaban J connectivity index is 1.90. The van der Waals surface area contributed by atoms with Gasteiger partial charge in [0, 0.05) is 11.6 Å². The summed E-state index contributed by atoms with van der Waals surface area (Å²) < 4.78 is 31.5. The Morgan fingerprint density at radius 1 is 1.12 bits per heavy atom. The largest absolute Gasteiger partial charge is 0.379 e. The minimum atomic E-state index is -3.72. The molecular formula is C15H12N6O3S. The predicted molar refractivity (Wildman–Crippen MR) is 87.3 cm³/mol. The first-order valence-corrected chi connectivity index (χ1v) is 8.70. The lowest BCUT2D eigenvalue weighted by atomic mass is 10.2. The van der Waals surface area contributed by atoms with Gasteiger partial charge in [-0.1, -0.05) is 18.2 Å². The van der Waals surface area contributed by atoms with Crippen LogP contribution in [0, 0.1) is 6.92 Å². The number of nitrogen functional groups attached to an aromatic ring is 1. The van der Waals surface area contributed by atoms with Crippen LogP contribution in [0.25, 0.3) is 16.9 Å². The number of nitrogens with two attached hydrogens (primary N) is 1. The molecule has 0 amide bonds. The van der Waals surface area contributed by atoms with Crippen molar-refractivity contribution in [2.45, 2.75) is 16.8 Å². The van der Waals surface area contributed by atoms with Crippen molar-refractivity contribution in [1.29, 1.82) is 0 Å². The highest BCUT2D eigenvalue weighted by atomic mass is 32.2. The van der Waals surface area contributed by atoms with Gasteiger partial charge >= 0.3 is 0 Å². The summed E-state index contributed by atoms with van der Waals surface area (Å²) in [6.45, 7) is 1.78. The summed E-state index contributed by atoms with van der Waals surface area (Å²) in [6, 6.07) is 9.59. The molecule has 0 radical (unpaired) electrons. The Bertz CT molecular complexity index is 1180. The SMILES string of the molecule is Cc1c(-c2nonc2N)nn2cnc(S(=O)(=O)c3ccccc3)cc12. The van der Waals surface area contributed by atoms with Gasteiger partial charge in [0.25, 0.3) is 0 Å². The van der Waals surface area contributed by atoms with Crippen molar-refractivity contribution in [3.8, 4) is 11.4 Å². The van der Waals surface area contributed by atoms with Gasteiger partial charge in [0.2, 0.25) is 9.84 Å². The van der Waals surface area contributed by atoms with E-state index in [-0.39, 0.29) is 15.7 Å². The van der Waals surface area contributed by atoms with Crippen LogP contribution in [0.4, 0.5) is 5.82 Å². The molecule has 0 saturated carbocycles. The second-order valence-electron chi connectivity index (χ2n) is 5.35. The minimum Gasteiger partial charge on any atom is -0.379 e. The molecule has 126 valence electrons. The van der Waals surface area contributed by atoms with E-state index in [2.05, 4.69) is 25.0 Å². The number of benzene rings is 1. The molecule has 0 fully saturated rings. The molecule has 0 aliphatic carbocycles. The third kappa shape index (κ3) is 2.34. The monoisotopic (exact) mass is 356 g/mol. The van der Waals surface area contributed by atoms with Crippen LogP contribution in [0.1, 0.15) is 5.56 Å². The lowest BCUT2D eigenvalue weighted by molar-refractivity contribution is 0.310. The van der Waals surface area contributed by atoms with Crippen LogP contribution < -0.4 is 5.73 Å². The highest BCUT2D eigenvalue weighted by Crippen LogP contribution is 2.28. The molecule has 0 saturated heterocycles.